The smallest absolute Gasteiger partial charge is 0.258 e. The van der Waals surface area contributed by atoms with Gasteiger partial charge in [0.2, 0.25) is 5.82 Å². The van der Waals surface area contributed by atoms with Crippen LogP contribution in [0, 0.1) is 12.8 Å². The van der Waals surface area contributed by atoms with Gasteiger partial charge < -0.3 is 4.52 Å². The van der Waals surface area contributed by atoms with Gasteiger partial charge in [-0.25, -0.2) is 4.68 Å². The first kappa shape index (κ1) is 15.5. The Kier molecular flexibility index (Phi) is 3.80. The van der Waals surface area contributed by atoms with Crippen molar-refractivity contribution >= 4 is 11.0 Å². The lowest BCUT2D eigenvalue weighted by atomic mass is 10.1. The van der Waals surface area contributed by atoms with Gasteiger partial charge in [-0.15, -0.1) is 5.10 Å². The third kappa shape index (κ3) is 2.91. The molecule has 0 bridgehead atoms. The molecule has 0 saturated heterocycles. The summed E-state index contributed by atoms with van der Waals surface area (Å²) in [5, 5.41) is 12.6. The Bertz CT molecular complexity index is 1030. The monoisotopic (exact) mass is 333 g/mol. The Morgan fingerprint density at radius 2 is 1.96 bits per heavy atom. The van der Waals surface area contributed by atoms with Crippen LogP contribution < -0.4 is 0 Å². The fourth-order valence-corrected chi connectivity index (χ4v) is 2.86. The molecule has 4 aromatic rings. The first-order valence-electron chi connectivity index (χ1n) is 8.35. The van der Waals surface area contributed by atoms with Gasteiger partial charge >= 0.3 is 0 Å². The molecule has 0 aliphatic rings. The molecule has 0 unspecified atom stereocenters. The van der Waals surface area contributed by atoms with Crippen molar-refractivity contribution in [3.8, 4) is 22.8 Å². The van der Waals surface area contributed by atoms with Gasteiger partial charge in [-0.2, -0.15) is 4.98 Å². The van der Waals surface area contributed by atoms with Crippen LogP contribution in [-0.2, 0) is 6.54 Å². The molecule has 6 heteroatoms. The zero-order valence-electron chi connectivity index (χ0n) is 14.5. The fraction of sp³-hybridized carbons (Fsp3) is 0.263. The molecule has 4 rings (SSSR count). The number of benzene rings is 2. The maximum absolute atomic E-state index is 5.46. The van der Waals surface area contributed by atoms with Crippen molar-refractivity contribution < 1.29 is 4.52 Å². The predicted molar refractivity (Wildman–Crippen MR) is 95.8 cm³/mol. The maximum Gasteiger partial charge on any atom is 0.258 e. The van der Waals surface area contributed by atoms with Crippen LogP contribution in [0.4, 0.5) is 0 Å². The van der Waals surface area contributed by atoms with E-state index in [1.165, 1.54) is 0 Å². The van der Waals surface area contributed by atoms with Crippen molar-refractivity contribution in [3.63, 3.8) is 0 Å². The summed E-state index contributed by atoms with van der Waals surface area (Å²) < 4.78 is 7.39. The first-order chi connectivity index (χ1) is 12.1. The van der Waals surface area contributed by atoms with Crippen LogP contribution in [0.3, 0.4) is 0 Å². The number of aryl methyl sites for hydroxylation is 1. The molecule has 0 radical (unpaired) electrons. The summed E-state index contributed by atoms with van der Waals surface area (Å²) in [6.45, 7) is 7.19. The van der Waals surface area contributed by atoms with Gasteiger partial charge in [0.05, 0.1) is 5.52 Å². The van der Waals surface area contributed by atoms with E-state index in [0.717, 1.165) is 34.3 Å². The molecular weight excluding hydrogens is 314 g/mol. The minimum Gasteiger partial charge on any atom is -0.334 e. The van der Waals surface area contributed by atoms with Crippen molar-refractivity contribution in [1.29, 1.82) is 0 Å². The highest BCUT2D eigenvalue weighted by Gasteiger charge is 2.14. The summed E-state index contributed by atoms with van der Waals surface area (Å²) in [5.74, 6) is 1.59. The number of hydrogen-bond donors (Lipinski definition) is 0. The second-order valence-corrected chi connectivity index (χ2v) is 6.61. The van der Waals surface area contributed by atoms with E-state index in [2.05, 4.69) is 34.3 Å². The molecule has 0 aliphatic carbocycles. The Labute approximate surface area is 145 Å². The fourth-order valence-electron chi connectivity index (χ4n) is 2.86. The number of aromatic nitrogens is 5. The number of nitrogens with zero attached hydrogens (tertiary/aromatic N) is 5. The van der Waals surface area contributed by atoms with Crippen LogP contribution >= 0.6 is 0 Å². The molecule has 0 spiro atoms. The highest BCUT2D eigenvalue weighted by Crippen LogP contribution is 2.26. The summed E-state index contributed by atoms with van der Waals surface area (Å²) in [7, 11) is 0. The Balaban J connectivity index is 1.70. The summed E-state index contributed by atoms with van der Waals surface area (Å²) in [4.78, 5) is 4.54. The van der Waals surface area contributed by atoms with Crippen molar-refractivity contribution in [2.75, 3.05) is 0 Å². The molecular formula is C19H19N5O. The molecule has 0 fully saturated rings. The van der Waals surface area contributed by atoms with E-state index in [1.54, 1.807) is 0 Å². The number of hydrogen-bond acceptors (Lipinski definition) is 5. The highest BCUT2D eigenvalue weighted by molar-refractivity contribution is 5.79. The Morgan fingerprint density at radius 3 is 2.76 bits per heavy atom. The van der Waals surface area contributed by atoms with Crippen molar-refractivity contribution in [1.82, 2.24) is 25.1 Å². The molecule has 126 valence electrons. The van der Waals surface area contributed by atoms with E-state index in [1.807, 2.05) is 54.1 Å². The average Bonchev–Trinajstić information content (AvgIpc) is 3.22. The van der Waals surface area contributed by atoms with Gasteiger partial charge in [0.25, 0.3) is 5.89 Å². The Morgan fingerprint density at radius 1 is 1.12 bits per heavy atom. The summed E-state index contributed by atoms with van der Waals surface area (Å²) in [6, 6.07) is 13.9. The van der Waals surface area contributed by atoms with Crippen LogP contribution in [0.2, 0.25) is 0 Å². The van der Waals surface area contributed by atoms with Crippen molar-refractivity contribution in [2.24, 2.45) is 5.92 Å². The maximum atomic E-state index is 5.46. The molecule has 0 amide bonds. The average molecular weight is 333 g/mol. The molecule has 0 atom stereocenters. The molecule has 0 saturated carbocycles. The standard InChI is InChI=1S/C19H19N5O/c1-12(2)11-24-17-9-8-14(10-16(17)21-23-24)19-20-18(22-25-19)15-7-5-4-6-13(15)3/h4-10,12H,11H2,1-3H3. The van der Waals surface area contributed by atoms with Crippen LogP contribution in [0.5, 0.6) is 0 Å². The van der Waals surface area contributed by atoms with E-state index in [4.69, 9.17) is 4.52 Å². The van der Waals surface area contributed by atoms with Gasteiger partial charge in [0.1, 0.15) is 5.52 Å². The predicted octanol–water partition coefficient (Wildman–Crippen LogP) is 4.11. The third-order valence-corrected chi connectivity index (χ3v) is 4.11. The summed E-state index contributed by atoms with van der Waals surface area (Å²) in [6.07, 6.45) is 0. The van der Waals surface area contributed by atoms with Crippen LogP contribution in [0.1, 0.15) is 19.4 Å². The normalized spacial score (nSPS) is 11.5. The largest absolute Gasteiger partial charge is 0.334 e. The highest BCUT2D eigenvalue weighted by atomic mass is 16.5. The van der Waals surface area contributed by atoms with Crippen molar-refractivity contribution in [2.45, 2.75) is 27.3 Å². The zero-order valence-corrected chi connectivity index (χ0v) is 14.5. The van der Waals surface area contributed by atoms with E-state index in [0.29, 0.717) is 17.6 Å². The lowest BCUT2D eigenvalue weighted by Crippen LogP contribution is -2.05. The SMILES string of the molecule is Cc1ccccc1-c1noc(-c2ccc3c(c2)nnn3CC(C)C)n1. The van der Waals surface area contributed by atoms with E-state index in [-0.39, 0.29) is 0 Å². The van der Waals surface area contributed by atoms with Crippen LogP contribution in [0.25, 0.3) is 33.9 Å². The summed E-state index contributed by atoms with van der Waals surface area (Å²) in [5.41, 5.74) is 4.77. The van der Waals surface area contributed by atoms with Crippen LogP contribution in [0.15, 0.2) is 47.0 Å². The molecule has 2 aromatic heterocycles. The minimum absolute atomic E-state index is 0.485. The van der Waals surface area contributed by atoms with Gasteiger partial charge in [0, 0.05) is 17.7 Å². The molecule has 0 aliphatic heterocycles. The van der Waals surface area contributed by atoms with Gasteiger partial charge in [-0.3, -0.25) is 0 Å². The van der Waals surface area contributed by atoms with E-state index >= 15 is 0 Å². The third-order valence-electron chi connectivity index (χ3n) is 4.11. The Hall–Kier alpha value is -3.02. The summed E-state index contributed by atoms with van der Waals surface area (Å²) >= 11 is 0. The van der Waals surface area contributed by atoms with Gasteiger partial charge in [-0.05, 0) is 36.6 Å². The molecule has 0 N–H and O–H groups in total. The second-order valence-electron chi connectivity index (χ2n) is 6.61. The van der Waals surface area contributed by atoms with Crippen LogP contribution in [-0.4, -0.2) is 25.1 Å². The lowest BCUT2D eigenvalue weighted by Gasteiger charge is -2.04. The van der Waals surface area contributed by atoms with Crippen molar-refractivity contribution in [3.05, 3.63) is 48.0 Å². The molecule has 2 heterocycles. The molecule has 6 nitrogen and oxygen atoms in total. The second kappa shape index (κ2) is 6.12. The zero-order chi connectivity index (χ0) is 17.4. The minimum atomic E-state index is 0.485. The van der Waals surface area contributed by atoms with E-state index in [9.17, 15) is 0 Å². The van der Waals surface area contributed by atoms with Gasteiger partial charge in [0.15, 0.2) is 0 Å². The number of fused-ring (bicyclic) bond motifs is 1. The van der Waals surface area contributed by atoms with Gasteiger partial charge in [-0.1, -0.05) is 48.5 Å². The first-order valence-corrected chi connectivity index (χ1v) is 8.35. The number of rotatable bonds is 4. The topological polar surface area (TPSA) is 69.6 Å². The molecule has 25 heavy (non-hydrogen) atoms. The lowest BCUT2D eigenvalue weighted by molar-refractivity contribution is 0.432. The van der Waals surface area contributed by atoms with E-state index < -0.39 is 0 Å². The quantitative estimate of drug-likeness (QED) is 0.562. The molecule has 2 aromatic carbocycles.